The normalized spacial score (nSPS) is 14.2. The molecule has 0 amide bonds. The summed E-state index contributed by atoms with van der Waals surface area (Å²) in [5.41, 5.74) is 9.76. The van der Waals surface area contributed by atoms with Crippen molar-refractivity contribution in [3.63, 3.8) is 0 Å². The Morgan fingerprint density at radius 2 is 1.29 bits per heavy atom. The highest BCUT2D eigenvalue weighted by Crippen LogP contribution is 2.38. The van der Waals surface area contributed by atoms with E-state index in [9.17, 15) is 8.63 Å². The molecule has 8 heteroatoms. The van der Waals surface area contributed by atoms with Crippen molar-refractivity contribution in [2.75, 3.05) is 38.0 Å². The predicted octanol–water partition coefficient (Wildman–Crippen LogP) is 9.35. The van der Waals surface area contributed by atoms with E-state index in [0.717, 1.165) is 53.0 Å². The molecule has 0 bridgehead atoms. The summed E-state index contributed by atoms with van der Waals surface area (Å²) >= 11 is 2.26. The van der Waals surface area contributed by atoms with E-state index in [0.29, 0.717) is 22.7 Å². The lowest BCUT2D eigenvalue weighted by Crippen LogP contribution is -2.18. The van der Waals surface area contributed by atoms with Gasteiger partial charge in [0.2, 0.25) is 0 Å². The molecule has 0 fully saturated rings. The van der Waals surface area contributed by atoms with Crippen molar-refractivity contribution in [2.24, 2.45) is 4.99 Å². The SMILES string of the molecule is CC1=CC(/C=C/c2ccc(N(C)C)cc2)=NC/1=C(/c1ccc(I)cc1)c1c(C)cc(/C=C\c2ccc(N(C)C)cc2)n1B(F)F. The van der Waals surface area contributed by atoms with Crippen molar-refractivity contribution >= 4 is 70.9 Å². The minimum Gasteiger partial charge on any atom is -0.378 e. The molecule has 0 aliphatic carbocycles. The van der Waals surface area contributed by atoms with E-state index in [-0.39, 0.29) is 0 Å². The first kappa shape index (κ1) is 32.2. The van der Waals surface area contributed by atoms with Crippen LogP contribution in [0.3, 0.4) is 0 Å². The van der Waals surface area contributed by atoms with Crippen molar-refractivity contribution in [1.82, 2.24) is 4.48 Å². The van der Waals surface area contributed by atoms with Crippen molar-refractivity contribution in [3.05, 3.63) is 139 Å². The summed E-state index contributed by atoms with van der Waals surface area (Å²) in [6, 6.07) is 26.1. The number of aryl methyl sites for hydroxylation is 1. The molecule has 4 nitrogen and oxygen atoms in total. The van der Waals surface area contributed by atoms with E-state index >= 15 is 0 Å². The van der Waals surface area contributed by atoms with Gasteiger partial charge in [-0.2, -0.15) is 0 Å². The van der Waals surface area contributed by atoms with Gasteiger partial charge < -0.3 is 14.3 Å². The Morgan fingerprint density at radius 1 is 0.756 bits per heavy atom. The van der Waals surface area contributed by atoms with Crippen LogP contribution in [-0.2, 0) is 0 Å². The molecule has 45 heavy (non-hydrogen) atoms. The second-order valence-corrected chi connectivity index (χ2v) is 12.7. The molecule has 0 atom stereocenters. The molecule has 1 aliphatic heterocycles. The highest BCUT2D eigenvalue weighted by atomic mass is 127. The maximum atomic E-state index is 15.0. The van der Waals surface area contributed by atoms with Crippen LogP contribution >= 0.6 is 22.6 Å². The summed E-state index contributed by atoms with van der Waals surface area (Å²) in [6.07, 6.45) is 9.65. The number of aliphatic imine (C=N–C) groups is 1. The molecule has 1 aromatic heterocycles. The smallest absolute Gasteiger partial charge is 0.378 e. The van der Waals surface area contributed by atoms with Crippen LogP contribution < -0.4 is 9.80 Å². The Labute approximate surface area is 279 Å². The number of aromatic nitrogens is 1. The zero-order valence-electron chi connectivity index (χ0n) is 26.4. The lowest BCUT2D eigenvalue weighted by molar-refractivity contribution is 0.627. The molecule has 0 saturated carbocycles. The van der Waals surface area contributed by atoms with Gasteiger partial charge in [-0.25, -0.2) is 4.99 Å². The number of halogens is 3. The zero-order chi connectivity index (χ0) is 32.2. The van der Waals surface area contributed by atoms with Gasteiger partial charge in [0.05, 0.1) is 11.4 Å². The van der Waals surface area contributed by atoms with Crippen molar-refractivity contribution in [3.8, 4) is 0 Å². The zero-order valence-corrected chi connectivity index (χ0v) is 28.5. The van der Waals surface area contributed by atoms with Crippen LogP contribution in [0, 0.1) is 10.5 Å². The van der Waals surface area contributed by atoms with E-state index in [1.807, 2.05) is 126 Å². The summed E-state index contributed by atoms with van der Waals surface area (Å²) in [6.45, 7) is 3.88. The predicted molar refractivity (Wildman–Crippen MR) is 198 cm³/mol. The molecule has 2 heterocycles. The van der Waals surface area contributed by atoms with Gasteiger partial charge in [-0.1, -0.05) is 48.6 Å². The standard InChI is InChI=1S/C37H36BF2IN4/c1-25-23-31(17-7-27-8-18-32(19-9-27)43(3)4)42-36(25)35(29-13-15-30(41)16-14-29)37-26(2)24-34(45(37)38(39)40)22-12-28-10-20-33(21-11-28)44(5)6/h7-24H,1-6H3/b17-7+,22-12-,36-35-. The fourth-order valence-electron chi connectivity index (χ4n) is 5.35. The Morgan fingerprint density at radius 3 is 1.80 bits per heavy atom. The van der Waals surface area contributed by atoms with Gasteiger partial charge in [-0.15, -0.1) is 0 Å². The topological polar surface area (TPSA) is 23.8 Å². The van der Waals surface area contributed by atoms with Crippen LogP contribution in [0.25, 0.3) is 23.8 Å². The van der Waals surface area contributed by atoms with Crippen molar-refractivity contribution in [1.29, 1.82) is 0 Å². The van der Waals surface area contributed by atoms with E-state index in [4.69, 9.17) is 4.99 Å². The maximum Gasteiger partial charge on any atom is 0.678 e. The van der Waals surface area contributed by atoms with Gasteiger partial charge in [-0.3, -0.25) is 8.63 Å². The molecule has 4 aromatic rings. The molecule has 0 saturated heterocycles. The molecule has 0 N–H and O–H groups in total. The van der Waals surface area contributed by atoms with Gasteiger partial charge in [-0.05, 0) is 125 Å². The minimum atomic E-state index is -2.75. The summed E-state index contributed by atoms with van der Waals surface area (Å²) in [7, 11) is 5.25. The largest absolute Gasteiger partial charge is 0.678 e. The third-order valence-electron chi connectivity index (χ3n) is 7.75. The van der Waals surface area contributed by atoms with Crippen molar-refractivity contribution < 1.29 is 8.63 Å². The third kappa shape index (κ3) is 7.39. The number of nitrogens with zero attached hydrogens (tertiary/aromatic N) is 4. The lowest BCUT2D eigenvalue weighted by Gasteiger charge is -2.17. The Bertz CT molecular complexity index is 1830. The summed E-state index contributed by atoms with van der Waals surface area (Å²) < 4.78 is 32.2. The Balaban J connectivity index is 1.60. The van der Waals surface area contributed by atoms with E-state index in [2.05, 4.69) is 51.8 Å². The highest BCUT2D eigenvalue weighted by Gasteiger charge is 2.30. The Kier molecular flexibility index (Phi) is 9.92. The van der Waals surface area contributed by atoms with Gasteiger partial charge in [0, 0.05) is 60.1 Å². The van der Waals surface area contributed by atoms with Gasteiger partial charge in [0.15, 0.2) is 0 Å². The number of allylic oxidation sites excluding steroid dienone is 3. The fraction of sp³-hybridized carbons (Fsp3) is 0.162. The summed E-state index contributed by atoms with van der Waals surface area (Å²) in [4.78, 5) is 9.08. The van der Waals surface area contributed by atoms with E-state index < -0.39 is 7.40 Å². The molecule has 0 spiro atoms. The van der Waals surface area contributed by atoms with Gasteiger partial charge >= 0.3 is 7.40 Å². The first-order valence-corrected chi connectivity index (χ1v) is 15.8. The molecule has 228 valence electrons. The van der Waals surface area contributed by atoms with Crippen LogP contribution in [0.4, 0.5) is 20.0 Å². The van der Waals surface area contributed by atoms with Crippen LogP contribution in [0.1, 0.15) is 40.6 Å². The van der Waals surface area contributed by atoms with E-state index in [1.54, 1.807) is 6.08 Å². The lowest BCUT2D eigenvalue weighted by atomic mass is 9.95. The maximum absolute atomic E-state index is 15.0. The highest BCUT2D eigenvalue weighted by molar-refractivity contribution is 14.1. The summed E-state index contributed by atoms with van der Waals surface area (Å²) in [5, 5.41) is 0. The van der Waals surface area contributed by atoms with Crippen LogP contribution in [0.2, 0.25) is 0 Å². The molecule has 1 aliphatic rings. The monoisotopic (exact) mass is 712 g/mol. The molecule has 0 unspecified atom stereocenters. The number of anilines is 2. The number of hydrogen-bond acceptors (Lipinski definition) is 3. The molecular formula is C37H36BF2IN4. The Hall–Kier alpha value is -4.18. The van der Waals surface area contributed by atoms with E-state index in [1.165, 1.54) is 0 Å². The molecular weight excluding hydrogens is 676 g/mol. The number of rotatable bonds is 9. The first-order chi connectivity index (χ1) is 21.5. The van der Waals surface area contributed by atoms with Gasteiger partial charge in [0.25, 0.3) is 0 Å². The molecule has 5 rings (SSSR count). The van der Waals surface area contributed by atoms with Crippen LogP contribution in [0.5, 0.6) is 0 Å². The number of hydrogen-bond donors (Lipinski definition) is 0. The van der Waals surface area contributed by atoms with Crippen LogP contribution in [0.15, 0.2) is 107 Å². The second kappa shape index (κ2) is 13.9. The summed E-state index contributed by atoms with van der Waals surface area (Å²) in [5.74, 6) is 0. The average Bonchev–Trinajstić information content (AvgIpc) is 3.55. The molecule has 3 aromatic carbocycles. The average molecular weight is 712 g/mol. The fourth-order valence-corrected chi connectivity index (χ4v) is 5.71. The van der Waals surface area contributed by atoms with Crippen LogP contribution in [-0.4, -0.2) is 45.8 Å². The van der Waals surface area contributed by atoms with Crippen molar-refractivity contribution in [2.45, 2.75) is 13.8 Å². The minimum absolute atomic E-state index is 0.433. The molecule has 0 radical (unpaired) electrons. The number of benzene rings is 3. The van der Waals surface area contributed by atoms with Gasteiger partial charge in [0.1, 0.15) is 0 Å². The quantitative estimate of drug-likeness (QED) is 0.128. The first-order valence-electron chi connectivity index (χ1n) is 14.7. The third-order valence-corrected chi connectivity index (χ3v) is 8.47. The second-order valence-electron chi connectivity index (χ2n) is 11.5.